The summed E-state index contributed by atoms with van der Waals surface area (Å²) in [7, 11) is 0. The van der Waals surface area contributed by atoms with E-state index in [-0.39, 0.29) is 12.2 Å². The zero-order valence-electron chi connectivity index (χ0n) is 10.2. The van der Waals surface area contributed by atoms with E-state index in [1.165, 1.54) is 6.20 Å². The third-order valence-electron chi connectivity index (χ3n) is 2.82. The van der Waals surface area contributed by atoms with Gasteiger partial charge in [0.25, 0.3) is 5.56 Å². The number of H-pyrrole nitrogens is 1. The molecule has 0 unspecified atom stereocenters. The van der Waals surface area contributed by atoms with Gasteiger partial charge in [-0.3, -0.25) is 14.2 Å². The first-order valence-electron chi connectivity index (χ1n) is 5.88. The summed E-state index contributed by atoms with van der Waals surface area (Å²) in [4.78, 5) is 30.4. The second-order valence-corrected chi connectivity index (χ2v) is 4.01. The normalized spacial score (nSPS) is 11.0. The summed E-state index contributed by atoms with van der Waals surface area (Å²) in [5.41, 5.74) is 1.04. The number of ether oxygens (including phenoxy) is 1. The average Bonchev–Trinajstić information content (AvgIpc) is 2.75. The molecule has 2 heterocycles. The molecule has 0 atom stereocenters. The molecule has 1 aromatic carbocycles. The standard InChI is InChI=1S/C13H11N3O3/c1-2-19-12(18)8-7-16-10-6-4-3-5-9(10)14-13(16)15-11(8)17/h3-7H,2H2,1H3,(H,14,15,17). The van der Waals surface area contributed by atoms with Crippen LogP contribution in [0, 0.1) is 0 Å². The highest BCUT2D eigenvalue weighted by Gasteiger charge is 2.14. The van der Waals surface area contributed by atoms with Crippen molar-refractivity contribution in [1.82, 2.24) is 14.4 Å². The molecule has 0 saturated heterocycles. The Morgan fingerprint density at radius 3 is 3.00 bits per heavy atom. The van der Waals surface area contributed by atoms with E-state index >= 15 is 0 Å². The number of imidazole rings is 1. The van der Waals surface area contributed by atoms with Crippen molar-refractivity contribution >= 4 is 22.8 Å². The number of nitrogens with zero attached hydrogens (tertiary/aromatic N) is 2. The first-order valence-corrected chi connectivity index (χ1v) is 5.88. The number of fused-ring (bicyclic) bond motifs is 3. The van der Waals surface area contributed by atoms with E-state index in [9.17, 15) is 9.59 Å². The Hall–Kier alpha value is -2.63. The minimum absolute atomic E-state index is 0.0301. The summed E-state index contributed by atoms with van der Waals surface area (Å²) in [5.74, 6) is -0.234. The molecule has 0 saturated carbocycles. The Bertz CT molecular complexity index is 832. The lowest BCUT2D eigenvalue weighted by Crippen LogP contribution is -2.21. The number of rotatable bonds is 2. The van der Waals surface area contributed by atoms with Crippen LogP contribution in [0.25, 0.3) is 16.8 Å². The van der Waals surface area contributed by atoms with Gasteiger partial charge in [-0.05, 0) is 19.1 Å². The highest BCUT2D eigenvalue weighted by molar-refractivity contribution is 5.89. The molecule has 0 aliphatic carbocycles. The molecule has 0 amide bonds. The van der Waals surface area contributed by atoms with Crippen molar-refractivity contribution in [2.45, 2.75) is 6.92 Å². The van der Waals surface area contributed by atoms with E-state index in [1.54, 1.807) is 11.3 Å². The topological polar surface area (TPSA) is 76.5 Å². The fraction of sp³-hybridized carbons (Fsp3) is 0.154. The van der Waals surface area contributed by atoms with Gasteiger partial charge >= 0.3 is 5.97 Å². The van der Waals surface area contributed by atoms with E-state index < -0.39 is 11.5 Å². The first kappa shape index (κ1) is 11.5. The van der Waals surface area contributed by atoms with Gasteiger partial charge in [-0.1, -0.05) is 12.1 Å². The lowest BCUT2D eigenvalue weighted by Gasteiger charge is -2.02. The molecular weight excluding hydrogens is 246 g/mol. The Labute approximate surface area is 107 Å². The molecule has 0 aliphatic rings. The predicted octanol–water partition coefficient (Wildman–Crippen LogP) is 1.35. The SMILES string of the molecule is CCOC(=O)c1cn2c(nc3ccccc32)[nH]c1=O. The van der Waals surface area contributed by atoms with Gasteiger partial charge in [0, 0.05) is 6.20 Å². The van der Waals surface area contributed by atoms with Crippen LogP contribution in [0.5, 0.6) is 0 Å². The smallest absolute Gasteiger partial charge is 0.345 e. The zero-order chi connectivity index (χ0) is 13.4. The van der Waals surface area contributed by atoms with Crippen molar-refractivity contribution in [3.63, 3.8) is 0 Å². The average molecular weight is 257 g/mol. The fourth-order valence-corrected chi connectivity index (χ4v) is 1.97. The Balaban J connectivity index is 2.31. The fourth-order valence-electron chi connectivity index (χ4n) is 1.97. The molecular formula is C13H11N3O3. The Morgan fingerprint density at radius 2 is 2.21 bits per heavy atom. The van der Waals surface area contributed by atoms with Crippen molar-refractivity contribution in [1.29, 1.82) is 0 Å². The van der Waals surface area contributed by atoms with E-state index in [0.29, 0.717) is 5.78 Å². The van der Waals surface area contributed by atoms with Crippen LogP contribution in [0.4, 0.5) is 0 Å². The summed E-state index contributed by atoms with van der Waals surface area (Å²) >= 11 is 0. The molecule has 2 aromatic heterocycles. The maximum absolute atomic E-state index is 11.8. The number of para-hydroxylation sites is 2. The number of carbonyl (C=O) groups is 1. The van der Waals surface area contributed by atoms with E-state index in [1.807, 2.05) is 24.3 Å². The molecule has 3 aromatic rings. The predicted molar refractivity (Wildman–Crippen MR) is 69.3 cm³/mol. The monoisotopic (exact) mass is 257 g/mol. The summed E-state index contributed by atoms with van der Waals surface area (Å²) in [5, 5.41) is 0. The molecule has 3 rings (SSSR count). The maximum Gasteiger partial charge on any atom is 0.345 e. The third-order valence-corrected chi connectivity index (χ3v) is 2.82. The number of aromatic amines is 1. The van der Waals surface area contributed by atoms with Crippen molar-refractivity contribution < 1.29 is 9.53 Å². The molecule has 96 valence electrons. The second-order valence-electron chi connectivity index (χ2n) is 4.01. The molecule has 0 aliphatic heterocycles. The van der Waals surface area contributed by atoms with Crippen LogP contribution in [-0.4, -0.2) is 26.9 Å². The van der Waals surface area contributed by atoms with Crippen LogP contribution >= 0.6 is 0 Å². The van der Waals surface area contributed by atoms with Gasteiger partial charge in [0.2, 0.25) is 5.78 Å². The third kappa shape index (κ3) is 1.77. The Morgan fingerprint density at radius 1 is 1.42 bits per heavy atom. The van der Waals surface area contributed by atoms with Crippen LogP contribution in [0.3, 0.4) is 0 Å². The maximum atomic E-state index is 11.8. The summed E-state index contributed by atoms with van der Waals surface area (Å²) in [6.07, 6.45) is 1.46. The highest BCUT2D eigenvalue weighted by atomic mass is 16.5. The van der Waals surface area contributed by atoms with Gasteiger partial charge in [-0.25, -0.2) is 9.78 Å². The van der Waals surface area contributed by atoms with Gasteiger partial charge in [0.15, 0.2) is 0 Å². The largest absolute Gasteiger partial charge is 0.462 e. The van der Waals surface area contributed by atoms with Gasteiger partial charge in [-0.15, -0.1) is 0 Å². The Kier molecular flexibility index (Phi) is 2.56. The number of hydrogen-bond donors (Lipinski definition) is 1. The van der Waals surface area contributed by atoms with Crippen molar-refractivity contribution in [3.8, 4) is 0 Å². The van der Waals surface area contributed by atoms with Crippen LogP contribution in [-0.2, 0) is 4.74 Å². The molecule has 0 radical (unpaired) electrons. The molecule has 6 nitrogen and oxygen atoms in total. The molecule has 0 fully saturated rings. The number of nitrogens with one attached hydrogen (secondary N) is 1. The van der Waals surface area contributed by atoms with Crippen molar-refractivity contribution in [2.75, 3.05) is 6.61 Å². The first-order chi connectivity index (χ1) is 9.20. The minimum Gasteiger partial charge on any atom is -0.462 e. The number of carbonyl (C=O) groups excluding carboxylic acids is 1. The van der Waals surface area contributed by atoms with Gasteiger partial charge < -0.3 is 4.74 Å². The minimum atomic E-state index is -0.636. The molecule has 6 heteroatoms. The van der Waals surface area contributed by atoms with Crippen LogP contribution in [0.15, 0.2) is 35.3 Å². The number of hydrogen-bond acceptors (Lipinski definition) is 4. The van der Waals surface area contributed by atoms with E-state index in [4.69, 9.17) is 4.74 Å². The van der Waals surface area contributed by atoms with Gasteiger partial charge in [0.1, 0.15) is 5.56 Å². The van der Waals surface area contributed by atoms with Crippen LogP contribution in [0.1, 0.15) is 17.3 Å². The highest BCUT2D eigenvalue weighted by Crippen LogP contribution is 2.14. The number of esters is 1. The van der Waals surface area contributed by atoms with E-state index in [2.05, 4.69) is 9.97 Å². The van der Waals surface area contributed by atoms with Crippen LogP contribution < -0.4 is 5.56 Å². The van der Waals surface area contributed by atoms with E-state index in [0.717, 1.165) is 11.0 Å². The number of aromatic nitrogens is 3. The van der Waals surface area contributed by atoms with Crippen molar-refractivity contribution in [2.24, 2.45) is 0 Å². The second kappa shape index (κ2) is 4.24. The molecule has 0 bridgehead atoms. The lowest BCUT2D eigenvalue weighted by atomic mass is 10.3. The summed E-state index contributed by atoms with van der Waals surface area (Å²) in [6, 6.07) is 7.43. The zero-order valence-corrected chi connectivity index (χ0v) is 10.2. The number of benzene rings is 1. The lowest BCUT2D eigenvalue weighted by molar-refractivity contribution is 0.0523. The van der Waals surface area contributed by atoms with Crippen LogP contribution in [0.2, 0.25) is 0 Å². The summed E-state index contributed by atoms with van der Waals surface area (Å²) < 4.78 is 6.52. The van der Waals surface area contributed by atoms with Crippen molar-refractivity contribution in [3.05, 3.63) is 46.4 Å². The summed E-state index contributed by atoms with van der Waals surface area (Å²) in [6.45, 7) is 1.91. The molecule has 1 N–H and O–H groups in total. The molecule has 0 spiro atoms. The molecule has 19 heavy (non-hydrogen) atoms. The van der Waals surface area contributed by atoms with Gasteiger partial charge in [0.05, 0.1) is 17.6 Å². The quantitative estimate of drug-likeness (QED) is 0.703. The van der Waals surface area contributed by atoms with Gasteiger partial charge in [-0.2, -0.15) is 0 Å².